The number of alkyl halides is 2. The van der Waals surface area contributed by atoms with Crippen LogP contribution in [-0.2, 0) is 4.74 Å². The van der Waals surface area contributed by atoms with Gasteiger partial charge in [0.15, 0.2) is 5.76 Å². The van der Waals surface area contributed by atoms with Crippen LogP contribution < -0.4 is 5.32 Å². The van der Waals surface area contributed by atoms with Crippen LogP contribution >= 0.6 is 20.8 Å². The minimum Gasteiger partial charge on any atom is -0.462 e. The van der Waals surface area contributed by atoms with Gasteiger partial charge in [-0.1, -0.05) is 50.3 Å². The van der Waals surface area contributed by atoms with Gasteiger partial charge in [-0.05, 0) is 43.7 Å². The van der Waals surface area contributed by atoms with Gasteiger partial charge in [-0.2, -0.15) is 8.78 Å². The summed E-state index contributed by atoms with van der Waals surface area (Å²) in [6, 6.07) is 13.2. The van der Waals surface area contributed by atoms with Crippen molar-refractivity contribution in [1.82, 2.24) is 5.16 Å². The van der Waals surface area contributed by atoms with Crippen molar-refractivity contribution < 1.29 is 22.8 Å². The lowest BCUT2D eigenvalue weighted by molar-refractivity contribution is 0.0525. The van der Waals surface area contributed by atoms with Gasteiger partial charge in [-0.25, -0.2) is 4.79 Å². The topological polar surface area (TPSA) is 88.2 Å². The van der Waals surface area contributed by atoms with Crippen LogP contribution in [0, 0.1) is 12.3 Å². The van der Waals surface area contributed by atoms with Gasteiger partial charge in [0.1, 0.15) is 17.0 Å². The molecule has 0 bridgehead atoms. The number of carbonyl (C=O) groups excluding carboxylic acids is 1. The molecule has 1 atom stereocenters. The first-order valence-electron chi connectivity index (χ1n) is 9.84. The second kappa shape index (κ2) is 10.2. The highest BCUT2D eigenvalue weighted by molar-refractivity contribution is 7.18. The number of hydrogen-bond donors (Lipinski definition) is 2. The number of nitrogens with zero attached hydrogens (tertiary/aromatic N) is 1. The zero-order valence-corrected chi connectivity index (χ0v) is 19.7. The number of allylic oxidation sites excluding steroid dienone is 2. The highest BCUT2D eigenvalue weighted by Gasteiger charge is 2.36. The Balaban J connectivity index is 2.25. The molecular weight excluding hydrogens is 471 g/mol. The summed E-state index contributed by atoms with van der Waals surface area (Å²) in [6.45, 7) is 3.47. The van der Waals surface area contributed by atoms with E-state index in [-0.39, 0.29) is 29.2 Å². The molecule has 172 valence electrons. The quantitative estimate of drug-likeness (QED) is 0.215. The third-order valence-electron chi connectivity index (χ3n) is 4.57. The molecule has 10 heteroatoms. The third-order valence-corrected chi connectivity index (χ3v) is 5.11. The minimum atomic E-state index is -3.49. The molecule has 0 fully saturated rings. The molecule has 1 heterocycles. The second-order valence-corrected chi connectivity index (χ2v) is 8.17. The average Bonchev–Trinajstić information content (AvgIpc) is 3.18. The highest BCUT2D eigenvalue weighted by atomic mass is 35.5. The smallest absolute Gasteiger partial charge is 0.344 e. The highest BCUT2D eigenvalue weighted by Crippen LogP contribution is 2.39. The van der Waals surface area contributed by atoms with Crippen molar-refractivity contribution >= 4 is 44.3 Å². The van der Waals surface area contributed by atoms with Gasteiger partial charge in [-0.15, -0.1) is 0 Å². The van der Waals surface area contributed by atoms with Crippen LogP contribution in [0.1, 0.15) is 28.6 Å². The number of anilines is 1. The van der Waals surface area contributed by atoms with E-state index >= 15 is 0 Å². The maximum absolute atomic E-state index is 14.7. The molecule has 0 radical (unpaired) electrons. The zero-order valence-electron chi connectivity index (χ0n) is 17.8. The van der Waals surface area contributed by atoms with Gasteiger partial charge < -0.3 is 20.0 Å². The number of hydrogen-bond acceptors (Lipinski definition) is 6. The van der Waals surface area contributed by atoms with Gasteiger partial charge in [-0.3, -0.25) is 0 Å². The molecule has 3 aromatic rings. The fourth-order valence-electron chi connectivity index (χ4n) is 3.12. The molecular formula is C23H21ClF2N3O3P. The molecule has 0 aliphatic carbocycles. The lowest BCUT2D eigenvalue weighted by atomic mass is 10.0. The van der Waals surface area contributed by atoms with Gasteiger partial charge >= 0.3 is 5.97 Å². The molecule has 0 aliphatic rings. The van der Waals surface area contributed by atoms with Crippen molar-refractivity contribution in [1.29, 1.82) is 5.41 Å². The summed E-state index contributed by atoms with van der Waals surface area (Å²) in [5, 5.41) is 14.9. The molecule has 0 saturated carbocycles. The van der Waals surface area contributed by atoms with Gasteiger partial charge in [0.05, 0.1) is 12.2 Å². The van der Waals surface area contributed by atoms with E-state index in [9.17, 15) is 13.6 Å². The molecule has 1 aromatic heterocycles. The Labute approximate surface area is 196 Å². The van der Waals surface area contributed by atoms with Crippen molar-refractivity contribution in [3.8, 4) is 11.3 Å². The summed E-state index contributed by atoms with van der Waals surface area (Å²) in [4.78, 5) is 12.8. The predicted octanol–water partition coefficient (Wildman–Crippen LogP) is 6.42. The van der Waals surface area contributed by atoms with E-state index in [0.29, 0.717) is 22.5 Å². The summed E-state index contributed by atoms with van der Waals surface area (Å²) in [5.74, 6) is -1.13. The Morgan fingerprint density at radius 1 is 1.30 bits per heavy atom. The van der Waals surface area contributed by atoms with E-state index in [1.807, 2.05) is 13.0 Å². The Kier molecular flexibility index (Phi) is 7.61. The number of benzene rings is 2. The van der Waals surface area contributed by atoms with Crippen molar-refractivity contribution in [3.63, 3.8) is 0 Å². The Morgan fingerprint density at radius 2 is 2.00 bits per heavy atom. The maximum atomic E-state index is 14.7. The first-order chi connectivity index (χ1) is 15.7. The Hall–Kier alpha value is -3.09. The fraction of sp³-hybridized carbons (Fsp3) is 0.174. The number of nitrogens with one attached hydrogen (secondary N) is 2. The van der Waals surface area contributed by atoms with Crippen LogP contribution in [0.2, 0.25) is 5.02 Å². The first-order valence-corrected chi connectivity index (χ1v) is 10.8. The van der Waals surface area contributed by atoms with Gasteiger partial charge in [0.2, 0.25) is 0 Å². The predicted molar refractivity (Wildman–Crippen MR) is 128 cm³/mol. The molecule has 6 nitrogen and oxygen atoms in total. The van der Waals surface area contributed by atoms with Crippen LogP contribution in [0.5, 0.6) is 0 Å². The summed E-state index contributed by atoms with van der Waals surface area (Å²) >= 11 is 5.94. The summed E-state index contributed by atoms with van der Waals surface area (Å²) in [7, 11) is 1.43. The molecule has 0 saturated heterocycles. The molecule has 1 unspecified atom stereocenters. The summed E-state index contributed by atoms with van der Waals surface area (Å²) in [6.07, 6.45) is 0.685. The standard InChI is InChI=1S/C23H21ClF2N3O3P/c1-3-31-22(30)18-19(14-7-9-15(24)10-8-14)29-32-20(18)17(12-27)21(23(25,26)33)28-16-6-4-5-13(2)11-16/h4-12,27-28H,3,33H2,1-2H3/b21-17+,27-12?. The molecule has 33 heavy (non-hydrogen) atoms. The fourth-order valence-corrected chi connectivity index (χ4v) is 3.47. The lowest BCUT2D eigenvalue weighted by Gasteiger charge is -2.20. The van der Waals surface area contributed by atoms with E-state index in [1.54, 1.807) is 49.4 Å². The number of ether oxygens (including phenoxy) is 1. The molecule has 2 N–H and O–H groups in total. The van der Waals surface area contributed by atoms with Crippen molar-refractivity contribution in [2.24, 2.45) is 0 Å². The monoisotopic (exact) mass is 491 g/mol. The SMILES string of the molecule is CCOC(=O)c1c(-c2ccc(Cl)cc2)noc1/C(C=N)=C(/Nc1cccc(C)c1)C(F)(F)P. The third kappa shape index (κ3) is 5.64. The van der Waals surface area contributed by atoms with Crippen molar-refractivity contribution in [2.75, 3.05) is 11.9 Å². The number of carbonyl (C=O) groups is 1. The molecule has 0 amide bonds. The first kappa shape index (κ1) is 24.6. The van der Waals surface area contributed by atoms with E-state index in [1.165, 1.54) is 9.24 Å². The van der Waals surface area contributed by atoms with Crippen molar-refractivity contribution in [2.45, 2.75) is 19.5 Å². The molecule has 0 aliphatic heterocycles. The van der Waals surface area contributed by atoms with E-state index < -0.39 is 17.3 Å². The average molecular weight is 492 g/mol. The van der Waals surface area contributed by atoms with Crippen LogP contribution in [0.4, 0.5) is 14.5 Å². The summed E-state index contributed by atoms with van der Waals surface area (Å²) < 4.78 is 39.9. The maximum Gasteiger partial charge on any atom is 0.344 e. The number of aromatic nitrogens is 1. The number of halogens is 3. The largest absolute Gasteiger partial charge is 0.462 e. The van der Waals surface area contributed by atoms with Crippen LogP contribution in [0.25, 0.3) is 16.8 Å². The Morgan fingerprint density at radius 3 is 2.58 bits per heavy atom. The van der Waals surface area contributed by atoms with Gasteiger partial charge in [0.25, 0.3) is 5.66 Å². The number of rotatable bonds is 8. The van der Waals surface area contributed by atoms with E-state index in [2.05, 4.69) is 10.5 Å². The molecule has 3 rings (SSSR count). The molecule has 0 spiro atoms. The lowest BCUT2D eigenvalue weighted by Crippen LogP contribution is -2.21. The number of aryl methyl sites for hydroxylation is 1. The zero-order chi connectivity index (χ0) is 24.2. The van der Waals surface area contributed by atoms with Crippen molar-refractivity contribution in [3.05, 3.63) is 76.1 Å². The van der Waals surface area contributed by atoms with E-state index in [4.69, 9.17) is 26.3 Å². The van der Waals surface area contributed by atoms with E-state index in [0.717, 1.165) is 5.56 Å². The Bertz CT molecular complexity index is 1200. The number of esters is 1. The molecule has 2 aromatic carbocycles. The summed E-state index contributed by atoms with van der Waals surface area (Å²) in [5.41, 5.74) is -2.90. The van der Waals surface area contributed by atoms with Crippen LogP contribution in [0.3, 0.4) is 0 Å². The van der Waals surface area contributed by atoms with Crippen LogP contribution in [-0.4, -0.2) is 29.6 Å². The van der Waals surface area contributed by atoms with Crippen LogP contribution in [0.15, 0.2) is 58.8 Å². The minimum absolute atomic E-state index is 0.0430. The van der Waals surface area contributed by atoms with Gasteiger partial charge in [0, 0.05) is 22.5 Å². The second-order valence-electron chi connectivity index (χ2n) is 7.01. The normalized spacial score (nSPS) is 12.2.